The molecular weight excluding hydrogens is 539 g/mol. The van der Waals surface area contributed by atoms with Gasteiger partial charge in [-0.1, -0.05) is 11.6 Å². The summed E-state index contributed by atoms with van der Waals surface area (Å²) in [6, 6.07) is 3.29. The minimum Gasteiger partial charge on any atom is -0.357 e. The van der Waals surface area contributed by atoms with Crippen LogP contribution in [0, 0.1) is 12.7 Å². The van der Waals surface area contributed by atoms with E-state index in [4.69, 9.17) is 11.6 Å². The van der Waals surface area contributed by atoms with Crippen molar-refractivity contribution >= 4 is 40.8 Å². The van der Waals surface area contributed by atoms with E-state index in [0.29, 0.717) is 0 Å². The highest BCUT2D eigenvalue weighted by Crippen LogP contribution is 2.68. The molecule has 0 radical (unpaired) electrons. The van der Waals surface area contributed by atoms with Crippen LogP contribution in [0.5, 0.6) is 0 Å². The van der Waals surface area contributed by atoms with E-state index in [2.05, 4.69) is 10.6 Å². The number of fused-ring (bicyclic) bond motifs is 3. The number of anilines is 1. The van der Waals surface area contributed by atoms with E-state index in [1.54, 1.807) is 0 Å². The zero-order chi connectivity index (χ0) is 28.0. The van der Waals surface area contributed by atoms with E-state index >= 15 is 8.78 Å². The minimum atomic E-state index is -3.25. The molecule has 0 unspecified atom stereocenters. The van der Waals surface area contributed by atoms with Gasteiger partial charge < -0.3 is 20.5 Å². The minimum absolute atomic E-state index is 0.0495. The van der Waals surface area contributed by atoms with Gasteiger partial charge in [0, 0.05) is 32.0 Å². The fraction of sp³-hybridized carbons (Fsp3) is 0.417. The molecule has 8 nitrogen and oxygen atoms in total. The lowest BCUT2D eigenvalue weighted by Crippen LogP contribution is -2.69. The van der Waals surface area contributed by atoms with Gasteiger partial charge >= 0.3 is 0 Å². The molecule has 2 aromatic rings. The third-order valence-corrected chi connectivity index (χ3v) is 7.65. The van der Waals surface area contributed by atoms with Crippen molar-refractivity contribution in [2.75, 3.05) is 12.4 Å². The number of nitrogens with one attached hydrogen (secondary N) is 3. The number of likely N-dealkylation sites (N-methyl/N-ethyl adjacent to an activating group) is 1. The van der Waals surface area contributed by atoms with Crippen molar-refractivity contribution in [3.63, 3.8) is 0 Å². The number of hydrogen-bond acceptors (Lipinski definition) is 4. The first kappa shape index (κ1) is 26.1. The zero-order valence-corrected chi connectivity index (χ0v) is 20.7. The molecule has 0 saturated heterocycles. The van der Waals surface area contributed by atoms with Crippen molar-refractivity contribution in [2.24, 2.45) is 0 Å². The quantitative estimate of drug-likeness (QED) is 0.287. The van der Waals surface area contributed by atoms with Crippen LogP contribution in [-0.2, 0) is 21.8 Å². The van der Waals surface area contributed by atoms with Gasteiger partial charge in [0.2, 0.25) is 5.91 Å². The second-order valence-corrected chi connectivity index (χ2v) is 10.4. The van der Waals surface area contributed by atoms with Crippen molar-refractivity contribution < 1.29 is 41.1 Å². The molecule has 2 aliphatic carbocycles. The number of aromatic nitrogens is 1. The SMILES string of the molecule is CNC(=O)C1(NC(=O)C(=O)c2c(C)c(C(=O)Nc3ccc(F)c(Cl)c3)n3c2[C@]2(F)C[C@]2(F)C3)CC(F)(F)C1. The summed E-state index contributed by atoms with van der Waals surface area (Å²) in [7, 11) is 1.17. The van der Waals surface area contributed by atoms with E-state index in [1.165, 1.54) is 20.0 Å². The number of Topliss-reactive ketones (excluding diaryl/α,β-unsaturated/α-hetero) is 1. The van der Waals surface area contributed by atoms with Gasteiger partial charge in [-0.05, 0) is 30.7 Å². The van der Waals surface area contributed by atoms with Crippen molar-refractivity contribution in [1.82, 2.24) is 15.2 Å². The summed E-state index contributed by atoms with van der Waals surface area (Å²) in [5.41, 5.74) is -8.68. The lowest BCUT2D eigenvalue weighted by molar-refractivity contribution is -0.164. The monoisotopic (exact) mass is 558 g/mol. The van der Waals surface area contributed by atoms with Crippen molar-refractivity contribution in [2.45, 2.75) is 55.5 Å². The normalized spacial score (nSPS) is 25.5. The maximum atomic E-state index is 15.6. The number of benzene rings is 1. The van der Waals surface area contributed by atoms with Crippen LogP contribution in [0.3, 0.4) is 0 Å². The van der Waals surface area contributed by atoms with Gasteiger partial charge in [-0.25, -0.2) is 22.0 Å². The van der Waals surface area contributed by atoms with Crippen LogP contribution in [0.4, 0.5) is 27.6 Å². The van der Waals surface area contributed by atoms with Gasteiger partial charge in [0.05, 0.1) is 22.8 Å². The number of alkyl halides is 4. The van der Waals surface area contributed by atoms with E-state index in [0.717, 1.165) is 16.7 Å². The number of hydrogen-bond donors (Lipinski definition) is 3. The lowest BCUT2D eigenvalue weighted by atomic mass is 9.72. The molecule has 38 heavy (non-hydrogen) atoms. The first-order valence-corrected chi connectivity index (χ1v) is 11.8. The Morgan fingerprint density at radius 2 is 1.71 bits per heavy atom. The molecule has 2 heterocycles. The fourth-order valence-corrected chi connectivity index (χ4v) is 5.66. The summed E-state index contributed by atoms with van der Waals surface area (Å²) in [5, 5.41) is 6.31. The molecule has 3 aliphatic rings. The summed E-state index contributed by atoms with van der Waals surface area (Å²) in [4.78, 5) is 51.6. The Balaban J connectivity index is 1.51. The molecule has 2 fully saturated rings. The average molecular weight is 559 g/mol. The molecule has 2 atom stereocenters. The molecule has 202 valence electrons. The van der Waals surface area contributed by atoms with Crippen LogP contribution < -0.4 is 16.0 Å². The van der Waals surface area contributed by atoms with Crippen LogP contribution in [0.1, 0.15) is 51.4 Å². The number of ketones is 1. The van der Waals surface area contributed by atoms with Crippen LogP contribution in [0.2, 0.25) is 5.02 Å². The molecule has 1 aromatic carbocycles. The van der Waals surface area contributed by atoms with Crippen LogP contribution >= 0.6 is 11.6 Å². The number of amides is 3. The van der Waals surface area contributed by atoms with Crippen LogP contribution in [0.15, 0.2) is 18.2 Å². The Kier molecular flexibility index (Phi) is 5.51. The molecule has 5 rings (SSSR count). The molecule has 1 aliphatic heterocycles. The van der Waals surface area contributed by atoms with Gasteiger partial charge in [-0.2, -0.15) is 0 Å². The van der Waals surface area contributed by atoms with E-state index in [1.807, 2.05) is 5.32 Å². The number of halogens is 6. The first-order chi connectivity index (χ1) is 17.6. The average Bonchev–Trinajstić information content (AvgIpc) is 3.11. The number of carbonyl (C=O) groups is 4. The second-order valence-electron chi connectivity index (χ2n) is 9.96. The summed E-state index contributed by atoms with van der Waals surface area (Å²) in [6.07, 6.45) is -2.71. The Hall–Kier alpha value is -3.48. The Morgan fingerprint density at radius 3 is 2.29 bits per heavy atom. The first-order valence-electron chi connectivity index (χ1n) is 11.4. The van der Waals surface area contributed by atoms with E-state index in [-0.39, 0.29) is 22.0 Å². The maximum absolute atomic E-state index is 15.6. The third-order valence-electron chi connectivity index (χ3n) is 7.36. The number of nitrogens with zero attached hydrogens (tertiary/aromatic N) is 1. The smallest absolute Gasteiger partial charge is 0.293 e. The van der Waals surface area contributed by atoms with Crippen molar-refractivity contribution in [3.8, 4) is 0 Å². The molecule has 14 heteroatoms. The van der Waals surface area contributed by atoms with Crippen molar-refractivity contribution in [3.05, 3.63) is 51.6 Å². The Bertz CT molecular complexity index is 1450. The highest BCUT2D eigenvalue weighted by Gasteiger charge is 2.78. The van der Waals surface area contributed by atoms with Gasteiger partial charge in [-0.15, -0.1) is 0 Å². The summed E-state index contributed by atoms with van der Waals surface area (Å²) < 4.78 is 72.4. The second kappa shape index (κ2) is 8.01. The highest BCUT2D eigenvalue weighted by atomic mass is 35.5. The number of rotatable bonds is 6. The Labute approximate surface area is 216 Å². The maximum Gasteiger partial charge on any atom is 0.293 e. The van der Waals surface area contributed by atoms with Gasteiger partial charge in [0.15, 0.2) is 11.3 Å². The summed E-state index contributed by atoms with van der Waals surface area (Å²) >= 11 is 5.73. The molecule has 1 aromatic heterocycles. The summed E-state index contributed by atoms with van der Waals surface area (Å²) in [5.74, 6) is -8.77. The summed E-state index contributed by atoms with van der Waals surface area (Å²) in [6.45, 7) is 0.631. The van der Waals surface area contributed by atoms with E-state index in [9.17, 15) is 32.3 Å². The highest BCUT2D eigenvalue weighted by molar-refractivity contribution is 6.44. The Morgan fingerprint density at radius 1 is 1.05 bits per heavy atom. The molecule has 0 bridgehead atoms. The predicted octanol–water partition coefficient (Wildman–Crippen LogP) is 3.34. The van der Waals surface area contributed by atoms with Crippen LogP contribution in [-0.4, -0.2) is 52.2 Å². The third kappa shape index (κ3) is 3.62. The lowest BCUT2D eigenvalue weighted by Gasteiger charge is -2.45. The molecule has 3 N–H and O–H groups in total. The van der Waals surface area contributed by atoms with Gasteiger partial charge in [0.1, 0.15) is 17.1 Å². The van der Waals surface area contributed by atoms with Crippen molar-refractivity contribution in [1.29, 1.82) is 0 Å². The zero-order valence-electron chi connectivity index (χ0n) is 19.9. The molecule has 2 saturated carbocycles. The molecule has 3 amide bonds. The topological polar surface area (TPSA) is 109 Å². The standard InChI is InChI=1S/C24H20ClF5N4O4/c1-10-14(16(35)19(37)33-21(20(38)31-2)6-23(28,29)7-21)17-24(30)8-22(24,27)9-34(17)15(10)18(36)32-11-3-4-13(26)12(25)5-11/h3-5H,6-9H2,1-2H3,(H,31,38)(H,32,36)(H,33,37)/t22-,24+/m0/s1. The predicted molar refractivity (Wildman–Crippen MR) is 123 cm³/mol. The van der Waals surface area contributed by atoms with E-state index < -0.39 is 89.2 Å². The van der Waals surface area contributed by atoms with Crippen LogP contribution in [0.25, 0.3) is 0 Å². The number of carbonyl (C=O) groups excluding carboxylic acids is 4. The molecule has 0 spiro atoms. The molecular formula is C24H20ClF5N4O4. The fourth-order valence-electron chi connectivity index (χ4n) is 5.48. The van der Waals surface area contributed by atoms with Gasteiger partial charge in [0.25, 0.3) is 23.5 Å². The largest absolute Gasteiger partial charge is 0.357 e. The van der Waals surface area contributed by atoms with Gasteiger partial charge in [-0.3, -0.25) is 19.2 Å².